The molecule has 1 aromatic carbocycles. The standard InChI is InChI=1S/C12H17NO/c1-10-4-6-11(7-5-10)13-8-2-3-12(13)9-14/h4-7,12,14H,2-3,8-9H2,1H3. The van der Waals surface area contributed by atoms with E-state index in [4.69, 9.17) is 0 Å². The number of benzene rings is 1. The highest BCUT2D eigenvalue weighted by Crippen LogP contribution is 2.25. The average molecular weight is 191 g/mol. The Balaban J connectivity index is 2.17. The van der Waals surface area contributed by atoms with Gasteiger partial charge in [0.25, 0.3) is 0 Å². The monoisotopic (exact) mass is 191 g/mol. The number of aryl methyl sites for hydroxylation is 1. The van der Waals surface area contributed by atoms with E-state index in [1.165, 1.54) is 17.7 Å². The summed E-state index contributed by atoms with van der Waals surface area (Å²) in [6.07, 6.45) is 2.31. The second-order valence-corrected chi connectivity index (χ2v) is 4.01. The Kier molecular flexibility index (Phi) is 2.73. The smallest absolute Gasteiger partial charge is 0.0635 e. The molecule has 0 radical (unpaired) electrons. The summed E-state index contributed by atoms with van der Waals surface area (Å²) < 4.78 is 0. The van der Waals surface area contributed by atoms with E-state index < -0.39 is 0 Å². The van der Waals surface area contributed by atoms with Crippen molar-refractivity contribution in [3.63, 3.8) is 0 Å². The fourth-order valence-electron chi connectivity index (χ4n) is 2.10. The molecule has 0 aliphatic carbocycles. The minimum Gasteiger partial charge on any atom is -0.394 e. The van der Waals surface area contributed by atoms with E-state index in [1.54, 1.807) is 0 Å². The maximum Gasteiger partial charge on any atom is 0.0635 e. The molecule has 1 saturated heterocycles. The first-order chi connectivity index (χ1) is 6.81. The van der Waals surface area contributed by atoms with Crippen LogP contribution in [0.15, 0.2) is 24.3 Å². The molecule has 2 rings (SSSR count). The maximum absolute atomic E-state index is 9.21. The molecule has 1 aromatic rings. The Hall–Kier alpha value is -1.02. The Morgan fingerprint density at radius 2 is 2.07 bits per heavy atom. The van der Waals surface area contributed by atoms with E-state index in [0.29, 0.717) is 6.04 Å². The van der Waals surface area contributed by atoms with Crippen LogP contribution in [-0.2, 0) is 0 Å². The fourth-order valence-corrected chi connectivity index (χ4v) is 2.10. The van der Waals surface area contributed by atoms with Crippen LogP contribution >= 0.6 is 0 Å². The highest BCUT2D eigenvalue weighted by molar-refractivity contribution is 5.49. The van der Waals surface area contributed by atoms with Gasteiger partial charge in [0.15, 0.2) is 0 Å². The van der Waals surface area contributed by atoms with Crippen molar-refractivity contribution in [3.05, 3.63) is 29.8 Å². The van der Waals surface area contributed by atoms with Crippen molar-refractivity contribution < 1.29 is 5.11 Å². The van der Waals surface area contributed by atoms with Crippen LogP contribution in [0.2, 0.25) is 0 Å². The van der Waals surface area contributed by atoms with E-state index >= 15 is 0 Å². The van der Waals surface area contributed by atoms with Crippen molar-refractivity contribution in [3.8, 4) is 0 Å². The lowest BCUT2D eigenvalue weighted by Gasteiger charge is -2.25. The van der Waals surface area contributed by atoms with Crippen LogP contribution in [0.5, 0.6) is 0 Å². The van der Waals surface area contributed by atoms with E-state index in [0.717, 1.165) is 13.0 Å². The van der Waals surface area contributed by atoms with Gasteiger partial charge in [-0.05, 0) is 31.9 Å². The normalized spacial score (nSPS) is 21.6. The van der Waals surface area contributed by atoms with E-state index in [2.05, 4.69) is 36.1 Å². The molecule has 1 N–H and O–H groups in total. The van der Waals surface area contributed by atoms with Crippen LogP contribution in [0.4, 0.5) is 5.69 Å². The second-order valence-electron chi connectivity index (χ2n) is 4.01. The van der Waals surface area contributed by atoms with E-state index in [-0.39, 0.29) is 6.61 Å². The summed E-state index contributed by atoms with van der Waals surface area (Å²) in [7, 11) is 0. The zero-order chi connectivity index (χ0) is 9.97. The molecule has 1 aliphatic rings. The summed E-state index contributed by atoms with van der Waals surface area (Å²) in [5, 5.41) is 9.21. The molecule has 1 heterocycles. The highest BCUT2D eigenvalue weighted by Gasteiger charge is 2.23. The summed E-state index contributed by atoms with van der Waals surface area (Å²) in [6, 6.07) is 8.87. The van der Waals surface area contributed by atoms with Crippen LogP contribution in [0, 0.1) is 6.92 Å². The second kappa shape index (κ2) is 4.01. The molecule has 0 amide bonds. The summed E-state index contributed by atoms with van der Waals surface area (Å²) in [5.41, 5.74) is 2.53. The van der Waals surface area contributed by atoms with Gasteiger partial charge in [-0.1, -0.05) is 17.7 Å². The van der Waals surface area contributed by atoms with Gasteiger partial charge < -0.3 is 10.0 Å². The molecule has 1 atom stereocenters. The van der Waals surface area contributed by atoms with Crippen LogP contribution in [0.25, 0.3) is 0 Å². The number of rotatable bonds is 2. The Morgan fingerprint density at radius 3 is 2.71 bits per heavy atom. The molecule has 2 heteroatoms. The molecule has 76 valence electrons. The topological polar surface area (TPSA) is 23.5 Å². The van der Waals surface area contributed by atoms with Gasteiger partial charge in [-0.3, -0.25) is 0 Å². The molecule has 0 spiro atoms. The number of aliphatic hydroxyl groups is 1. The van der Waals surface area contributed by atoms with Gasteiger partial charge in [0.1, 0.15) is 0 Å². The van der Waals surface area contributed by atoms with Crippen LogP contribution in [0.1, 0.15) is 18.4 Å². The van der Waals surface area contributed by atoms with Crippen LogP contribution in [-0.4, -0.2) is 24.3 Å². The van der Waals surface area contributed by atoms with E-state index in [9.17, 15) is 5.11 Å². The lowest BCUT2D eigenvalue weighted by Crippen LogP contribution is -2.31. The van der Waals surface area contributed by atoms with Crippen molar-refractivity contribution in [2.75, 3.05) is 18.1 Å². The Labute approximate surface area is 85.2 Å². The third-order valence-electron chi connectivity index (χ3n) is 2.95. The van der Waals surface area contributed by atoms with Gasteiger partial charge in [0, 0.05) is 12.2 Å². The largest absolute Gasteiger partial charge is 0.394 e. The predicted octanol–water partition coefficient (Wildman–Crippen LogP) is 1.96. The number of anilines is 1. The summed E-state index contributed by atoms with van der Waals surface area (Å²) in [4.78, 5) is 2.30. The molecule has 0 aromatic heterocycles. The quantitative estimate of drug-likeness (QED) is 0.772. The zero-order valence-corrected chi connectivity index (χ0v) is 8.61. The minimum absolute atomic E-state index is 0.272. The molecule has 0 bridgehead atoms. The fraction of sp³-hybridized carbons (Fsp3) is 0.500. The molecule has 0 saturated carbocycles. The zero-order valence-electron chi connectivity index (χ0n) is 8.61. The van der Waals surface area contributed by atoms with Gasteiger partial charge in [-0.15, -0.1) is 0 Å². The number of hydrogen-bond donors (Lipinski definition) is 1. The Bertz CT molecular complexity index is 294. The third kappa shape index (κ3) is 1.75. The number of nitrogens with zero attached hydrogens (tertiary/aromatic N) is 1. The van der Waals surface area contributed by atoms with Gasteiger partial charge in [0.2, 0.25) is 0 Å². The first kappa shape index (κ1) is 9.53. The average Bonchev–Trinajstić information content (AvgIpc) is 2.67. The first-order valence-electron chi connectivity index (χ1n) is 5.25. The summed E-state index contributed by atoms with van der Waals surface area (Å²) in [6.45, 7) is 3.44. The highest BCUT2D eigenvalue weighted by atomic mass is 16.3. The predicted molar refractivity (Wildman–Crippen MR) is 58.6 cm³/mol. The van der Waals surface area contributed by atoms with Crippen LogP contribution < -0.4 is 4.90 Å². The SMILES string of the molecule is Cc1ccc(N2CCCC2CO)cc1. The molecule has 14 heavy (non-hydrogen) atoms. The molecule has 1 aliphatic heterocycles. The van der Waals surface area contributed by atoms with Crippen molar-refractivity contribution in [2.45, 2.75) is 25.8 Å². The molecular weight excluding hydrogens is 174 g/mol. The molecule has 1 unspecified atom stereocenters. The van der Waals surface area contributed by atoms with Crippen molar-refractivity contribution in [2.24, 2.45) is 0 Å². The lowest BCUT2D eigenvalue weighted by molar-refractivity contribution is 0.266. The molecular formula is C12H17NO. The van der Waals surface area contributed by atoms with Gasteiger partial charge in [-0.2, -0.15) is 0 Å². The van der Waals surface area contributed by atoms with Crippen molar-refractivity contribution in [1.29, 1.82) is 0 Å². The number of aliphatic hydroxyl groups excluding tert-OH is 1. The van der Waals surface area contributed by atoms with Gasteiger partial charge in [0.05, 0.1) is 12.6 Å². The van der Waals surface area contributed by atoms with Crippen LogP contribution in [0.3, 0.4) is 0 Å². The maximum atomic E-state index is 9.21. The summed E-state index contributed by atoms with van der Waals surface area (Å²) in [5.74, 6) is 0. The lowest BCUT2D eigenvalue weighted by atomic mass is 10.2. The number of hydrogen-bond acceptors (Lipinski definition) is 2. The van der Waals surface area contributed by atoms with Crippen molar-refractivity contribution in [1.82, 2.24) is 0 Å². The molecule has 2 nitrogen and oxygen atoms in total. The third-order valence-corrected chi connectivity index (χ3v) is 2.95. The van der Waals surface area contributed by atoms with Crippen molar-refractivity contribution >= 4 is 5.69 Å². The summed E-state index contributed by atoms with van der Waals surface area (Å²) >= 11 is 0. The Morgan fingerprint density at radius 1 is 1.36 bits per heavy atom. The van der Waals surface area contributed by atoms with E-state index in [1.807, 2.05) is 0 Å². The molecule has 1 fully saturated rings. The van der Waals surface area contributed by atoms with Gasteiger partial charge >= 0.3 is 0 Å². The minimum atomic E-state index is 0.272. The first-order valence-corrected chi connectivity index (χ1v) is 5.25. The van der Waals surface area contributed by atoms with Gasteiger partial charge in [-0.25, -0.2) is 0 Å².